The summed E-state index contributed by atoms with van der Waals surface area (Å²) in [5, 5.41) is 22.3. The van der Waals surface area contributed by atoms with Crippen molar-refractivity contribution in [2.45, 2.75) is 43.5 Å². The Balaban J connectivity index is 1.50. The van der Waals surface area contributed by atoms with Crippen molar-refractivity contribution in [3.8, 4) is 5.75 Å². The van der Waals surface area contributed by atoms with Crippen LogP contribution >= 0.6 is 0 Å². The van der Waals surface area contributed by atoms with E-state index in [1.807, 2.05) is 12.2 Å². The third-order valence-corrected chi connectivity index (χ3v) is 9.16. The summed E-state index contributed by atoms with van der Waals surface area (Å²) in [4.78, 5) is 69.8. The SMILES string of the molecule is CN(C)[C@@H]1C(=O)C(C(N)=O)C(=O)[C@@]2(O)C(=O)C3C(=O)c4c(O)ccc(/C=C/CN5CCC(F)CC5)c4C[C@H]3C[C@@H]12. The van der Waals surface area contributed by atoms with Crippen molar-refractivity contribution in [2.75, 3.05) is 33.7 Å². The van der Waals surface area contributed by atoms with Crippen LogP contribution in [0.25, 0.3) is 6.08 Å². The second-order valence-corrected chi connectivity index (χ2v) is 11.7. The Morgan fingerprint density at radius 3 is 2.48 bits per heavy atom. The molecule has 0 bridgehead atoms. The Kier molecular flexibility index (Phi) is 7.26. The summed E-state index contributed by atoms with van der Waals surface area (Å²) < 4.78 is 13.5. The third kappa shape index (κ3) is 4.31. The monoisotopic (exact) mass is 555 g/mol. The van der Waals surface area contributed by atoms with Crippen LogP contribution in [0.2, 0.25) is 0 Å². The number of carbonyl (C=O) groups excluding carboxylic acids is 5. The molecule has 0 spiro atoms. The number of phenolic OH excluding ortho intramolecular Hbond substituents is 1. The molecule has 4 N–H and O–H groups in total. The summed E-state index contributed by atoms with van der Waals surface area (Å²) in [5.41, 5.74) is 3.80. The molecule has 1 aromatic rings. The number of piperidine rings is 1. The molecule has 6 atom stereocenters. The first-order valence-electron chi connectivity index (χ1n) is 13.6. The van der Waals surface area contributed by atoms with Gasteiger partial charge in [0.2, 0.25) is 5.91 Å². The first-order chi connectivity index (χ1) is 18.9. The molecule has 5 rings (SSSR count). The van der Waals surface area contributed by atoms with Gasteiger partial charge in [0.15, 0.2) is 34.7 Å². The number of ketones is 4. The van der Waals surface area contributed by atoms with Crippen LogP contribution in [0.4, 0.5) is 4.39 Å². The molecule has 3 aliphatic carbocycles. The molecule has 3 fully saturated rings. The molecule has 1 aliphatic heterocycles. The number of likely N-dealkylation sites (N-methyl/N-ethyl adjacent to an activating group) is 1. The number of hydrogen-bond acceptors (Lipinski definition) is 9. The van der Waals surface area contributed by atoms with Gasteiger partial charge in [0, 0.05) is 25.6 Å². The largest absolute Gasteiger partial charge is 0.507 e. The number of aliphatic hydroxyl groups is 1. The number of carbonyl (C=O) groups is 5. The fourth-order valence-corrected chi connectivity index (χ4v) is 7.20. The van der Waals surface area contributed by atoms with E-state index >= 15 is 0 Å². The number of amides is 1. The van der Waals surface area contributed by atoms with E-state index in [2.05, 4.69) is 4.90 Å². The van der Waals surface area contributed by atoms with Crippen molar-refractivity contribution in [1.29, 1.82) is 0 Å². The van der Waals surface area contributed by atoms with Crippen LogP contribution in [0.15, 0.2) is 18.2 Å². The first-order valence-corrected chi connectivity index (χ1v) is 13.6. The molecule has 2 unspecified atom stereocenters. The van der Waals surface area contributed by atoms with Crippen molar-refractivity contribution in [3.63, 3.8) is 0 Å². The average molecular weight is 556 g/mol. The van der Waals surface area contributed by atoms with Gasteiger partial charge in [0.1, 0.15) is 11.9 Å². The number of aromatic hydroxyl groups is 1. The number of phenols is 1. The maximum Gasteiger partial charge on any atom is 0.235 e. The highest BCUT2D eigenvalue weighted by Crippen LogP contribution is 2.51. The Morgan fingerprint density at radius 1 is 1.18 bits per heavy atom. The summed E-state index contributed by atoms with van der Waals surface area (Å²) >= 11 is 0. The van der Waals surface area contributed by atoms with E-state index in [0.717, 1.165) is 0 Å². The van der Waals surface area contributed by atoms with Gasteiger partial charge in [-0.05, 0) is 62.9 Å². The summed E-state index contributed by atoms with van der Waals surface area (Å²) in [5.74, 6) is -10.6. The van der Waals surface area contributed by atoms with Gasteiger partial charge >= 0.3 is 0 Å². The van der Waals surface area contributed by atoms with E-state index in [4.69, 9.17) is 5.73 Å². The molecular formula is C29H34FN3O7. The number of fused-ring (bicyclic) bond motifs is 3. The summed E-state index contributed by atoms with van der Waals surface area (Å²) in [6, 6.07) is 1.91. The Morgan fingerprint density at radius 2 is 1.85 bits per heavy atom. The van der Waals surface area contributed by atoms with Gasteiger partial charge in [-0.15, -0.1) is 0 Å². The number of hydrogen-bond donors (Lipinski definition) is 3. The highest BCUT2D eigenvalue weighted by Gasteiger charge is 2.69. The van der Waals surface area contributed by atoms with E-state index in [0.29, 0.717) is 43.6 Å². The van der Waals surface area contributed by atoms with Crippen molar-refractivity contribution < 1.29 is 38.6 Å². The molecule has 11 heteroatoms. The Hall–Kier alpha value is -3.28. The lowest BCUT2D eigenvalue weighted by Gasteiger charge is -2.52. The normalized spacial score (nSPS) is 33.3. The fourth-order valence-electron chi connectivity index (χ4n) is 7.20. The predicted octanol–water partition coefficient (Wildman–Crippen LogP) is 0.314. The highest BCUT2D eigenvalue weighted by atomic mass is 19.1. The second kappa shape index (κ2) is 10.3. The van der Waals surface area contributed by atoms with Crippen molar-refractivity contribution in [1.82, 2.24) is 9.80 Å². The number of alkyl halides is 1. The van der Waals surface area contributed by atoms with Gasteiger partial charge < -0.3 is 15.9 Å². The van der Waals surface area contributed by atoms with Crippen LogP contribution in [0, 0.1) is 23.7 Å². The zero-order valence-corrected chi connectivity index (χ0v) is 22.5. The number of likely N-dealkylation sites (tertiary alicyclic amines) is 1. The van der Waals surface area contributed by atoms with Crippen molar-refractivity contribution in [2.24, 2.45) is 29.4 Å². The number of nitrogens with two attached hydrogens (primary N) is 1. The van der Waals surface area contributed by atoms with E-state index in [1.54, 1.807) is 20.2 Å². The molecule has 10 nitrogen and oxygen atoms in total. The van der Waals surface area contributed by atoms with Crippen LogP contribution in [0.1, 0.15) is 40.7 Å². The van der Waals surface area contributed by atoms with Crippen LogP contribution in [-0.2, 0) is 25.6 Å². The number of nitrogens with zero attached hydrogens (tertiary/aromatic N) is 2. The van der Waals surface area contributed by atoms with Crippen molar-refractivity contribution in [3.05, 3.63) is 34.9 Å². The Bertz CT molecular complexity index is 1320. The molecule has 2 saturated carbocycles. The molecule has 1 heterocycles. The van der Waals surface area contributed by atoms with E-state index in [1.165, 1.54) is 11.0 Å². The summed E-state index contributed by atoms with van der Waals surface area (Å²) in [6.45, 7) is 1.88. The predicted molar refractivity (Wildman–Crippen MR) is 141 cm³/mol. The topological polar surface area (TPSA) is 158 Å². The van der Waals surface area contributed by atoms with Gasteiger partial charge in [0.05, 0.1) is 17.5 Å². The zero-order valence-electron chi connectivity index (χ0n) is 22.5. The number of primary amides is 1. The molecule has 1 saturated heterocycles. The molecule has 1 amide bonds. The van der Waals surface area contributed by atoms with E-state index in [-0.39, 0.29) is 24.2 Å². The molecular weight excluding hydrogens is 521 g/mol. The highest BCUT2D eigenvalue weighted by molar-refractivity contribution is 6.32. The minimum Gasteiger partial charge on any atom is -0.507 e. The van der Waals surface area contributed by atoms with Gasteiger partial charge in [-0.1, -0.05) is 18.2 Å². The van der Waals surface area contributed by atoms with Gasteiger partial charge in [0.25, 0.3) is 0 Å². The standard InChI is InChI=1S/C29H34FN3O7/c1-32(2)23-18-13-15-12-17-14(4-3-9-33-10-7-16(30)8-11-33)5-6-19(34)21(17)24(35)20(15)26(37)29(18,40)27(38)22(25(23)36)28(31)39/h3-6,15-16,18,20,22-23,34,40H,7-13H2,1-2H3,(H2,31,39)/b4-3+/t15-,18-,20?,22?,23-,29-/m0/s1. The average Bonchev–Trinajstić information content (AvgIpc) is 2.88. The van der Waals surface area contributed by atoms with Gasteiger partial charge in [-0.3, -0.25) is 33.8 Å². The van der Waals surface area contributed by atoms with Crippen LogP contribution < -0.4 is 5.73 Å². The number of benzene rings is 1. The Labute approximate surface area is 231 Å². The third-order valence-electron chi connectivity index (χ3n) is 9.16. The van der Waals surface area contributed by atoms with Crippen LogP contribution in [-0.4, -0.2) is 101 Å². The van der Waals surface area contributed by atoms with E-state index < -0.39 is 70.5 Å². The molecule has 0 radical (unpaired) electrons. The number of Topliss-reactive ketones (excluding diaryl/α,β-unsaturated/α-hetero) is 4. The lowest BCUT2D eigenvalue weighted by Crippen LogP contribution is -2.74. The lowest BCUT2D eigenvalue weighted by molar-refractivity contribution is -0.181. The molecule has 4 aliphatic rings. The minimum absolute atomic E-state index is 0.000874. The summed E-state index contributed by atoms with van der Waals surface area (Å²) in [7, 11) is 3.09. The maximum atomic E-state index is 13.9. The lowest BCUT2D eigenvalue weighted by atomic mass is 9.52. The van der Waals surface area contributed by atoms with Crippen LogP contribution in [0.5, 0.6) is 5.75 Å². The quantitative estimate of drug-likeness (QED) is 0.435. The van der Waals surface area contributed by atoms with Crippen molar-refractivity contribution >= 4 is 35.1 Å². The minimum atomic E-state index is -2.74. The number of rotatable bonds is 5. The van der Waals surface area contributed by atoms with Gasteiger partial charge in [-0.25, -0.2) is 4.39 Å². The van der Waals surface area contributed by atoms with Gasteiger partial charge in [-0.2, -0.15) is 0 Å². The second-order valence-electron chi connectivity index (χ2n) is 11.7. The number of halogens is 1. The van der Waals surface area contributed by atoms with Crippen LogP contribution in [0.3, 0.4) is 0 Å². The first kappa shape index (κ1) is 28.3. The molecule has 40 heavy (non-hydrogen) atoms. The smallest absolute Gasteiger partial charge is 0.235 e. The van der Waals surface area contributed by atoms with E-state index in [9.17, 15) is 38.6 Å². The summed E-state index contributed by atoms with van der Waals surface area (Å²) in [6.07, 6.45) is 4.15. The maximum absolute atomic E-state index is 13.9. The molecule has 1 aromatic carbocycles. The molecule has 0 aromatic heterocycles. The zero-order chi connectivity index (χ0) is 29.1. The fraction of sp³-hybridized carbons (Fsp3) is 0.552. The molecule has 214 valence electrons.